The zero-order valence-electron chi connectivity index (χ0n) is 24.1. The molecule has 4 aromatic carbocycles. The van der Waals surface area contributed by atoms with Crippen molar-refractivity contribution in [2.45, 2.75) is 17.5 Å². The van der Waals surface area contributed by atoms with Gasteiger partial charge >= 0.3 is 0 Å². The smallest absolute Gasteiger partial charge is 0.238 e. The molecule has 3 aliphatic heterocycles. The lowest BCUT2D eigenvalue weighted by Gasteiger charge is -2.38. The highest BCUT2D eigenvalue weighted by Gasteiger charge is 2.70. The molecule has 0 unspecified atom stereocenters. The van der Waals surface area contributed by atoms with E-state index in [1.807, 2.05) is 65.7 Å². The Morgan fingerprint density at radius 2 is 1.68 bits per heavy atom. The zero-order chi connectivity index (χ0) is 30.4. The van der Waals surface area contributed by atoms with Gasteiger partial charge in [0.15, 0.2) is 11.6 Å². The Bertz CT molecular complexity index is 1840. The summed E-state index contributed by atoms with van der Waals surface area (Å²) in [6, 6.07) is 27.5. The van der Waals surface area contributed by atoms with Crippen molar-refractivity contribution in [3.05, 3.63) is 144 Å². The van der Waals surface area contributed by atoms with Gasteiger partial charge in [-0.2, -0.15) is 0 Å². The number of Topliss-reactive ketones (excluding diaryl/α,β-unsaturated/α-hetero) is 2. The van der Waals surface area contributed by atoms with Crippen molar-refractivity contribution in [1.82, 2.24) is 4.90 Å². The van der Waals surface area contributed by atoms with Gasteiger partial charge in [0.25, 0.3) is 0 Å². The molecule has 1 fully saturated rings. The summed E-state index contributed by atoms with van der Waals surface area (Å²) < 4.78 is 11.1. The van der Waals surface area contributed by atoms with Gasteiger partial charge in [-0.1, -0.05) is 67.3 Å². The van der Waals surface area contributed by atoms with Crippen molar-refractivity contribution in [2.75, 3.05) is 19.0 Å². The summed E-state index contributed by atoms with van der Waals surface area (Å²) in [4.78, 5) is 46.2. The van der Waals surface area contributed by atoms with Gasteiger partial charge in [-0.05, 0) is 65.2 Å². The van der Waals surface area contributed by atoms with E-state index in [-0.39, 0.29) is 17.5 Å². The third kappa shape index (κ3) is 4.00. The number of ether oxygens (including phenoxy) is 2. The van der Waals surface area contributed by atoms with E-state index in [1.54, 1.807) is 61.7 Å². The second-order valence-electron chi connectivity index (χ2n) is 11.2. The first-order chi connectivity index (χ1) is 21.5. The number of amides is 1. The van der Waals surface area contributed by atoms with Crippen LogP contribution >= 0.6 is 0 Å². The van der Waals surface area contributed by atoms with Gasteiger partial charge < -0.3 is 19.7 Å². The van der Waals surface area contributed by atoms with Crippen LogP contribution < -0.4 is 14.8 Å². The van der Waals surface area contributed by atoms with Crippen molar-refractivity contribution in [3.8, 4) is 11.5 Å². The molecule has 4 atom stereocenters. The summed E-state index contributed by atoms with van der Waals surface area (Å²) in [5.74, 6) is -0.814. The Hall–Kier alpha value is -5.43. The number of carbonyl (C=O) groups excluding carboxylic acids is 3. The Morgan fingerprint density at radius 3 is 2.48 bits per heavy atom. The van der Waals surface area contributed by atoms with Crippen LogP contribution in [0, 0.1) is 5.92 Å². The Kier molecular flexibility index (Phi) is 6.66. The van der Waals surface area contributed by atoms with E-state index in [9.17, 15) is 14.4 Å². The quantitative estimate of drug-likeness (QED) is 0.196. The molecule has 1 saturated heterocycles. The van der Waals surface area contributed by atoms with E-state index in [4.69, 9.17) is 9.47 Å². The van der Waals surface area contributed by atoms with Gasteiger partial charge in [-0.15, -0.1) is 0 Å². The van der Waals surface area contributed by atoms with Gasteiger partial charge in [0, 0.05) is 23.0 Å². The zero-order valence-corrected chi connectivity index (χ0v) is 24.1. The molecule has 0 aromatic heterocycles. The normalized spacial score (nSPS) is 22.5. The van der Waals surface area contributed by atoms with Gasteiger partial charge in [-0.3, -0.25) is 14.4 Å². The average molecular weight is 583 g/mol. The summed E-state index contributed by atoms with van der Waals surface area (Å²) in [6.45, 7) is 4.01. The molecule has 0 saturated carbocycles. The van der Waals surface area contributed by atoms with Crippen LogP contribution in [-0.4, -0.2) is 42.1 Å². The fourth-order valence-corrected chi connectivity index (χ4v) is 7.16. The third-order valence-electron chi connectivity index (χ3n) is 8.98. The van der Waals surface area contributed by atoms with E-state index in [0.717, 1.165) is 11.1 Å². The van der Waals surface area contributed by atoms with Gasteiger partial charge in [0.2, 0.25) is 5.91 Å². The summed E-state index contributed by atoms with van der Waals surface area (Å²) >= 11 is 0. The van der Waals surface area contributed by atoms with Crippen molar-refractivity contribution >= 4 is 29.2 Å². The minimum Gasteiger partial charge on any atom is -0.497 e. The number of rotatable bonds is 8. The number of nitrogens with one attached hydrogen (secondary N) is 1. The molecule has 0 bridgehead atoms. The average Bonchev–Trinajstić information content (AvgIpc) is 3.55. The fourth-order valence-electron chi connectivity index (χ4n) is 7.16. The first-order valence-corrected chi connectivity index (χ1v) is 14.5. The van der Waals surface area contributed by atoms with E-state index in [1.165, 1.54) is 0 Å². The van der Waals surface area contributed by atoms with Crippen LogP contribution in [0.5, 0.6) is 11.5 Å². The van der Waals surface area contributed by atoms with Crippen molar-refractivity contribution in [2.24, 2.45) is 5.92 Å². The van der Waals surface area contributed by atoms with Gasteiger partial charge in [-0.25, -0.2) is 0 Å². The van der Waals surface area contributed by atoms with Crippen LogP contribution in [-0.2, 0) is 10.2 Å². The Balaban J connectivity index is 1.48. The predicted octanol–water partition coefficient (Wildman–Crippen LogP) is 6.24. The van der Waals surface area contributed by atoms with Crippen molar-refractivity contribution < 1.29 is 23.9 Å². The topological polar surface area (TPSA) is 84.9 Å². The van der Waals surface area contributed by atoms with Crippen LogP contribution in [0.3, 0.4) is 0 Å². The number of ketones is 2. The lowest BCUT2D eigenvalue weighted by Crippen LogP contribution is -2.49. The molecule has 1 amide bonds. The number of anilines is 1. The molecular weight excluding hydrogens is 552 g/mol. The second kappa shape index (κ2) is 10.7. The molecule has 7 heteroatoms. The lowest BCUT2D eigenvalue weighted by atomic mass is 9.62. The first-order valence-electron chi connectivity index (χ1n) is 14.5. The molecule has 4 aromatic rings. The summed E-state index contributed by atoms with van der Waals surface area (Å²) in [6.07, 6.45) is 5.46. The highest BCUT2D eigenvalue weighted by atomic mass is 16.5. The summed E-state index contributed by atoms with van der Waals surface area (Å²) in [5, 5.41) is 3.08. The van der Waals surface area contributed by atoms with E-state index >= 15 is 0 Å². The third-order valence-corrected chi connectivity index (χ3v) is 8.98. The Labute approximate surface area is 255 Å². The molecule has 44 heavy (non-hydrogen) atoms. The number of nitrogens with zero attached hydrogens (tertiary/aromatic N) is 1. The summed E-state index contributed by atoms with van der Waals surface area (Å²) in [7, 11) is 1.54. The summed E-state index contributed by atoms with van der Waals surface area (Å²) in [5.41, 5.74) is 2.56. The largest absolute Gasteiger partial charge is 0.497 e. The van der Waals surface area contributed by atoms with Gasteiger partial charge in [0.05, 0.1) is 19.1 Å². The number of methoxy groups -OCH3 is 1. The molecule has 3 heterocycles. The van der Waals surface area contributed by atoms with E-state index < -0.39 is 23.4 Å². The number of benzene rings is 4. The molecule has 1 spiro atoms. The molecular formula is C37H30N2O5. The second-order valence-corrected chi connectivity index (χ2v) is 11.2. The molecule has 1 N–H and O–H groups in total. The fraction of sp³-hybridized carbons (Fsp3) is 0.162. The molecule has 0 aliphatic carbocycles. The number of para-hydroxylation sites is 1. The number of fused-ring (bicyclic) bond motifs is 6. The van der Waals surface area contributed by atoms with E-state index in [0.29, 0.717) is 40.5 Å². The molecule has 3 aliphatic rings. The van der Waals surface area contributed by atoms with E-state index in [2.05, 4.69) is 11.9 Å². The molecule has 7 rings (SSSR count). The molecule has 218 valence electrons. The highest BCUT2D eigenvalue weighted by molar-refractivity contribution is 6.16. The maximum atomic E-state index is 14.9. The Morgan fingerprint density at radius 1 is 0.909 bits per heavy atom. The van der Waals surface area contributed by atoms with Crippen LogP contribution in [0.1, 0.15) is 43.4 Å². The SMILES string of the molecule is C=CCOc1ccc(C(=O)[C@H]2[C@H](C(=O)c3cccc(OC)c3)N3C=Cc4ccccc4[C@@H]3[C@@]23C(=O)Nc2ccccc23)cc1. The van der Waals surface area contributed by atoms with Crippen LogP contribution in [0.2, 0.25) is 0 Å². The number of hydrogen-bond donors (Lipinski definition) is 1. The van der Waals surface area contributed by atoms with Crippen molar-refractivity contribution in [3.63, 3.8) is 0 Å². The van der Waals surface area contributed by atoms with Crippen LogP contribution in [0.15, 0.2) is 116 Å². The molecule has 0 radical (unpaired) electrons. The van der Waals surface area contributed by atoms with Crippen LogP contribution in [0.25, 0.3) is 6.08 Å². The first kappa shape index (κ1) is 27.4. The lowest BCUT2D eigenvalue weighted by molar-refractivity contribution is -0.122. The number of hydrogen-bond acceptors (Lipinski definition) is 6. The standard InChI is InChI=1S/C37H30N2O5/c1-3-21-44-26-17-15-24(16-18-26)33(40)31-32(34(41)25-10-8-11-27(22-25)43-2)39-20-19-23-9-4-5-12-28(23)35(39)37(31)29-13-6-7-14-30(29)38-36(37)42/h3-20,22,31-32,35H,1,21H2,2H3,(H,38,42)/t31-,32-,35-,37+/m1/s1. The minimum atomic E-state index is -1.40. The predicted molar refractivity (Wildman–Crippen MR) is 168 cm³/mol. The maximum absolute atomic E-state index is 14.9. The highest BCUT2D eigenvalue weighted by Crippen LogP contribution is 2.62. The number of carbonyl (C=O) groups is 3. The monoisotopic (exact) mass is 582 g/mol. The molecule has 7 nitrogen and oxygen atoms in total. The van der Waals surface area contributed by atoms with Gasteiger partial charge in [0.1, 0.15) is 29.6 Å². The van der Waals surface area contributed by atoms with Crippen molar-refractivity contribution in [1.29, 1.82) is 0 Å². The maximum Gasteiger partial charge on any atom is 0.238 e. The van der Waals surface area contributed by atoms with Crippen LogP contribution in [0.4, 0.5) is 5.69 Å². The minimum absolute atomic E-state index is 0.267.